The quantitative estimate of drug-likeness (QED) is 0.906. The molecule has 4 heteroatoms. The molecule has 1 aromatic rings. The molecule has 0 aliphatic carbocycles. The minimum absolute atomic E-state index is 0.183. The third-order valence-corrected chi connectivity index (χ3v) is 3.83. The number of hydrogen-bond acceptors (Lipinski definition) is 2. The molecule has 1 heterocycles. The van der Waals surface area contributed by atoms with E-state index in [4.69, 9.17) is 5.73 Å². The zero-order chi connectivity index (χ0) is 13.8. The van der Waals surface area contributed by atoms with Crippen LogP contribution in [0, 0.1) is 5.82 Å². The summed E-state index contributed by atoms with van der Waals surface area (Å²) < 4.78 is 12.9. The van der Waals surface area contributed by atoms with Crippen LogP contribution in [-0.4, -0.2) is 29.9 Å². The molecule has 1 fully saturated rings. The van der Waals surface area contributed by atoms with E-state index in [0.717, 1.165) is 24.9 Å². The number of hydrogen-bond donors (Lipinski definition) is 1. The topological polar surface area (TPSA) is 46.3 Å². The molecule has 2 unspecified atom stereocenters. The van der Waals surface area contributed by atoms with Crippen molar-refractivity contribution in [1.82, 2.24) is 4.90 Å². The molecule has 2 N–H and O–H groups in total. The molecule has 1 saturated heterocycles. The maximum atomic E-state index is 12.9. The average Bonchev–Trinajstić information content (AvgIpc) is 2.79. The van der Waals surface area contributed by atoms with Crippen LogP contribution in [0.3, 0.4) is 0 Å². The van der Waals surface area contributed by atoms with Gasteiger partial charge in [-0.05, 0) is 44.0 Å². The van der Waals surface area contributed by atoms with E-state index < -0.39 is 0 Å². The Kier molecular flexibility index (Phi) is 4.53. The smallest absolute Gasteiger partial charge is 0.222 e. The Labute approximate surface area is 113 Å². The van der Waals surface area contributed by atoms with Gasteiger partial charge in [-0.2, -0.15) is 0 Å². The average molecular weight is 264 g/mol. The standard InChI is InChI=1S/C15H21FN2O/c1-11-9-13(12-4-6-14(16)7-5-12)10-18(11)15(19)3-2-8-17/h4-7,11,13H,2-3,8-10,17H2,1H3. The maximum Gasteiger partial charge on any atom is 0.222 e. The zero-order valence-corrected chi connectivity index (χ0v) is 11.3. The van der Waals surface area contributed by atoms with E-state index in [-0.39, 0.29) is 17.8 Å². The van der Waals surface area contributed by atoms with Gasteiger partial charge in [-0.3, -0.25) is 4.79 Å². The van der Waals surface area contributed by atoms with Crippen LogP contribution in [0.4, 0.5) is 4.39 Å². The molecule has 2 atom stereocenters. The number of carbonyl (C=O) groups is 1. The lowest BCUT2D eigenvalue weighted by Gasteiger charge is -2.21. The molecule has 0 spiro atoms. The summed E-state index contributed by atoms with van der Waals surface area (Å²) in [6.07, 6.45) is 2.21. The van der Waals surface area contributed by atoms with Gasteiger partial charge in [0.25, 0.3) is 0 Å². The van der Waals surface area contributed by atoms with Crippen LogP contribution in [0.15, 0.2) is 24.3 Å². The van der Waals surface area contributed by atoms with Gasteiger partial charge in [0.2, 0.25) is 5.91 Å². The van der Waals surface area contributed by atoms with Gasteiger partial charge in [0.15, 0.2) is 0 Å². The third kappa shape index (κ3) is 3.32. The van der Waals surface area contributed by atoms with Crippen LogP contribution in [0.1, 0.15) is 37.7 Å². The van der Waals surface area contributed by atoms with Crippen LogP contribution in [0.25, 0.3) is 0 Å². The van der Waals surface area contributed by atoms with E-state index in [1.54, 1.807) is 0 Å². The molecule has 1 aromatic carbocycles. The van der Waals surface area contributed by atoms with Gasteiger partial charge in [0, 0.05) is 24.9 Å². The van der Waals surface area contributed by atoms with Gasteiger partial charge in [0.1, 0.15) is 5.82 Å². The van der Waals surface area contributed by atoms with Gasteiger partial charge >= 0.3 is 0 Å². The van der Waals surface area contributed by atoms with Crippen molar-refractivity contribution in [2.24, 2.45) is 5.73 Å². The highest BCUT2D eigenvalue weighted by molar-refractivity contribution is 5.77. The molecule has 104 valence electrons. The summed E-state index contributed by atoms with van der Waals surface area (Å²) in [5, 5.41) is 0. The lowest BCUT2D eigenvalue weighted by Crippen LogP contribution is -2.34. The first-order valence-corrected chi connectivity index (χ1v) is 6.87. The summed E-state index contributed by atoms with van der Waals surface area (Å²) in [5.41, 5.74) is 6.55. The normalized spacial score (nSPS) is 22.8. The van der Waals surface area contributed by atoms with Gasteiger partial charge < -0.3 is 10.6 Å². The Bertz CT molecular complexity index is 432. The number of halogens is 1. The van der Waals surface area contributed by atoms with Gasteiger partial charge in [-0.15, -0.1) is 0 Å². The highest BCUT2D eigenvalue weighted by atomic mass is 19.1. The molecule has 1 aliphatic heterocycles. The summed E-state index contributed by atoms with van der Waals surface area (Å²) in [4.78, 5) is 14.0. The summed E-state index contributed by atoms with van der Waals surface area (Å²) in [7, 11) is 0. The molecule has 1 aliphatic rings. The van der Waals surface area contributed by atoms with Crippen LogP contribution in [-0.2, 0) is 4.79 Å². The van der Waals surface area contributed by atoms with Crippen molar-refractivity contribution >= 4 is 5.91 Å². The lowest BCUT2D eigenvalue weighted by molar-refractivity contribution is -0.131. The van der Waals surface area contributed by atoms with Crippen molar-refractivity contribution in [1.29, 1.82) is 0 Å². The predicted octanol–water partition coefficient (Wildman–Crippen LogP) is 2.27. The van der Waals surface area contributed by atoms with Crippen LogP contribution < -0.4 is 5.73 Å². The first kappa shape index (κ1) is 14.0. The second-order valence-electron chi connectivity index (χ2n) is 5.27. The molecular formula is C15H21FN2O. The first-order valence-electron chi connectivity index (χ1n) is 6.87. The molecule has 19 heavy (non-hydrogen) atoms. The Balaban J connectivity index is 2.00. The minimum Gasteiger partial charge on any atom is -0.339 e. The first-order chi connectivity index (χ1) is 9.11. The predicted molar refractivity (Wildman–Crippen MR) is 73.2 cm³/mol. The molecule has 0 saturated carbocycles. The molecule has 2 rings (SSSR count). The van der Waals surface area contributed by atoms with E-state index in [2.05, 4.69) is 6.92 Å². The fourth-order valence-electron chi connectivity index (χ4n) is 2.75. The van der Waals surface area contributed by atoms with E-state index >= 15 is 0 Å². The number of carbonyl (C=O) groups excluding carboxylic acids is 1. The van der Waals surface area contributed by atoms with Gasteiger partial charge in [-0.25, -0.2) is 4.39 Å². The van der Waals surface area contributed by atoms with Crippen molar-refractivity contribution in [3.63, 3.8) is 0 Å². The van der Waals surface area contributed by atoms with Crippen LogP contribution >= 0.6 is 0 Å². The van der Waals surface area contributed by atoms with Crippen molar-refractivity contribution in [3.05, 3.63) is 35.6 Å². The highest BCUT2D eigenvalue weighted by Gasteiger charge is 2.32. The maximum absolute atomic E-state index is 12.9. The van der Waals surface area contributed by atoms with Crippen LogP contribution in [0.2, 0.25) is 0 Å². The molecule has 1 amide bonds. The second kappa shape index (κ2) is 6.15. The Morgan fingerprint density at radius 3 is 2.74 bits per heavy atom. The van der Waals surface area contributed by atoms with Crippen LogP contribution in [0.5, 0.6) is 0 Å². The summed E-state index contributed by atoms with van der Waals surface area (Å²) in [6.45, 7) is 3.36. The largest absolute Gasteiger partial charge is 0.339 e. The molecular weight excluding hydrogens is 243 g/mol. The second-order valence-corrected chi connectivity index (χ2v) is 5.27. The number of amides is 1. The fourth-order valence-corrected chi connectivity index (χ4v) is 2.75. The van der Waals surface area contributed by atoms with Crippen molar-refractivity contribution < 1.29 is 9.18 Å². The highest BCUT2D eigenvalue weighted by Crippen LogP contribution is 2.32. The zero-order valence-electron chi connectivity index (χ0n) is 11.3. The SMILES string of the molecule is CC1CC(c2ccc(F)cc2)CN1C(=O)CCCN. The number of benzene rings is 1. The Morgan fingerprint density at radius 2 is 2.11 bits per heavy atom. The number of nitrogens with two attached hydrogens (primary N) is 1. The van der Waals surface area contributed by atoms with Gasteiger partial charge in [-0.1, -0.05) is 12.1 Å². The summed E-state index contributed by atoms with van der Waals surface area (Å²) >= 11 is 0. The van der Waals surface area contributed by atoms with E-state index in [1.807, 2.05) is 17.0 Å². The third-order valence-electron chi connectivity index (χ3n) is 3.83. The Morgan fingerprint density at radius 1 is 1.42 bits per heavy atom. The molecule has 0 aromatic heterocycles. The summed E-state index contributed by atoms with van der Waals surface area (Å²) in [5.74, 6) is 0.283. The molecule has 0 bridgehead atoms. The molecule has 3 nitrogen and oxygen atoms in total. The van der Waals surface area contributed by atoms with Crippen molar-refractivity contribution in [2.45, 2.75) is 38.1 Å². The number of likely N-dealkylation sites (tertiary alicyclic amines) is 1. The minimum atomic E-state index is -0.217. The summed E-state index contributed by atoms with van der Waals surface area (Å²) in [6, 6.07) is 6.86. The van der Waals surface area contributed by atoms with Crippen molar-refractivity contribution in [2.75, 3.05) is 13.1 Å². The van der Waals surface area contributed by atoms with E-state index in [1.165, 1.54) is 12.1 Å². The molecule has 0 radical (unpaired) electrons. The van der Waals surface area contributed by atoms with E-state index in [0.29, 0.717) is 18.9 Å². The fraction of sp³-hybridized carbons (Fsp3) is 0.533. The van der Waals surface area contributed by atoms with Crippen molar-refractivity contribution in [3.8, 4) is 0 Å². The van der Waals surface area contributed by atoms with E-state index in [9.17, 15) is 9.18 Å². The number of rotatable bonds is 4. The van der Waals surface area contributed by atoms with Gasteiger partial charge in [0.05, 0.1) is 0 Å². The number of nitrogens with zero attached hydrogens (tertiary/aromatic N) is 1. The monoisotopic (exact) mass is 264 g/mol. The Hall–Kier alpha value is -1.42. The lowest BCUT2D eigenvalue weighted by atomic mass is 9.97.